The van der Waals surface area contributed by atoms with Crippen molar-refractivity contribution in [2.45, 2.75) is 18.9 Å². The Morgan fingerprint density at radius 1 is 0.808 bits per heavy atom. The van der Waals surface area contributed by atoms with Gasteiger partial charge in [-0.3, -0.25) is 0 Å². The molecule has 1 heterocycles. The molecule has 26 heavy (non-hydrogen) atoms. The van der Waals surface area contributed by atoms with Crippen molar-refractivity contribution < 1.29 is 0 Å². The zero-order valence-electron chi connectivity index (χ0n) is 14.1. The molecule has 1 nitrogen and oxygen atoms in total. The van der Waals surface area contributed by atoms with E-state index >= 15 is 0 Å². The third-order valence-corrected chi connectivity index (χ3v) is 6.31. The summed E-state index contributed by atoms with van der Waals surface area (Å²) in [6.45, 7) is 0. The van der Waals surface area contributed by atoms with Gasteiger partial charge in [-0.2, -0.15) is 0 Å². The highest BCUT2D eigenvalue weighted by Crippen LogP contribution is 2.42. The van der Waals surface area contributed by atoms with Crippen LogP contribution in [0.5, 0.6) is 0 Å². The van der Waals surface area contributed by atoms with Crippen LogP contribution in [0.3, 0.4) is 0 Å². The van der Waals surface area contributed by atoms with Crippen LogP contribution >= 0.6 is 31.9 Å². The number of hydrogen-bond acceptors (Lipinski definition) is 0. The van der Waals surface area contributed by atoms with E-state index in [9.17, 15) is 0 Å². The van der Waals surface area contributed by atoms with Crippen molar-refractivity contribution in [1.82, 2.24) is 4.57 Å². The van der Waals surface area contributed by atoms with Crippen molar-refractivity contribution in [3.05, 3.63) is 92.9 Å². The molecule has 1 aliphatic rings. The van der Waals surface area contributed by atoms with E-state index in [1.54, 1.807) is 0 Å². The molecule has 0 bridgehead atoms. The maximum atomic E-state index is 3.64. The average Bonchev–Trinajstić information content (AvgIpc) is 2.93. The molecule has 1 aliphatic carbocycles. The van der Waals surface area contributed by atoms with E-state index in [-0.39, 0.29) is 0 Å². The first kappa shape index (κ1) is 16.3. The third-order valence-electron chi connectivity index (χ3n) is 5.32. The van der Waals surface area contributed by atoms with Gasteiger partial charge < -0.3 is 4.57 Å². The summed E-state index contributed by atoms with van der Waals surface area (Å²) < 4.78 is 4.78. The molecule has 0 aliphatic heterocycles. The molecule has 1 aromatic heterocycles. The maximum Gasteiger partial charge on any atom is 0.0589 e. The summed E-state index contributed by atoms with van der Waals surface area (Å²) in [7, 11) is 0. The second kappa shape index (κ2) is 6.40. The van der Waals surface area contributed by atoms with E-state index in [2.05, 4.69) is 109 Å². The summed E-state index contributed by atoms with van der Waals surface area (Å²) in [5.41, 5.74) is 5.52. The third kappa shape index (κ3) is 2.65. The number of aromatic nitrogens is 1. The van der Waals surface area contributed by atoms with Gasteiger partial charge in [0.1, 0.15) is 0 Å². The maximum absolute atomic E-state index is 3.64. The second-order valence-electron chi connectivity index (χ2n) is 6.89. The first-order valence-electron chi connectivity index (χ1n) is 8.82. The Labute approximate surface area is 169 Å². The number of benzene rings is 3. The van der Waals surface area contributed by atoms with Crippen LogP contribution in [0, 0.1) is 0 Å². The van der Waals surface area contributed by atoms with E-state index in [1.807, 2.05) is 0 Å². The van der Waals surface area contributed by atoms with Crippen LogP contribution in [0.25, 0.3) is 21.8 Å². The van der Waals surface area contributed by atoms with Gasteiger partial charge in [0.25, 0.3) is 0 Å². The van der Waals surface area contributed by atoms with E-state index in [0.717, 1.165) is 21.8 Å². The fourth-order valence-corrected chi connectivity index (χ4v) is 4.74. The Balaban J connectivity index is 1.65. The van der Waals surface area contributed by atoms with Gasteiger partial charge in [0.15, 0.2) is 0 Å². The highest BCUT2D eigenvalue weighted by molar-refractivity contribution is 9.10. The molecule has 1 unspecified atom stereocenters. The smallest absolute Gasteiger partial charge is 0.0589 e. The van der Waals surface area contributed by atoms with E-state index in [0.29, 0.717) is 6.04 Å². The van der Waals surface area contributed by atoms with Crippen molar-refractivity contribution in [2.24, 2.45) is 0 Å². The minimum Gasteiger partial charge on any atom is -0.333 e. The van der Waals surface area contributed by atoms with Gasteiger partial charge in [0.05, 0.1) is 6.04 Å². The Morgan fingerprint density at radius 2 is 1.42 bits per heavy atom. The van der Waals surface area contributed by atoms with Gasteiger partial charge in [-0.1, -0.05) is 68.3 Å². The predicted molar refractivity (Wildman–Crippen MR) is 117 cm³/mol. The van der Waals surface area contributed by atoms with E-state index in [1.165, 1.54) is 32.9 Å². The average molecular weight is 467 g/mol. The van der Waals surface area contributed by atoms with Crippen molar-refractivity contribution in [2.75, 3.05) is 0 Å². The summed E-state index contributed by atoms with van der Waals surface area (Å²) in [5.74, 6) is 0. The number of allylic oxidation sites excluding steroid dienone is 2. The molecule has 4 aromatic rings. The lowest BCUT2D eigenvalue weighted by atomic mass is 9.86. The lowest BCUT2D eigenvalue weighted by Crippen LogP contribution is -2.19. The van der Waals surface area contributed by atoms with Gasteiger partial charge in [-0.05, 0) is 60.4 Å². The highest BCUT2D eigenvalue weighted by atomic mass is 79.9. The van der Waals surface area contributed by atoms with Crippen LogP contribution in [0.15, 0.2) is 87.3 Å². The molecular formula is C23H17Br2N. The van der Waals surface area contributed by atoms with Crippen LogP contribution in [-0.4, -0.2) is 4.57 Å². The van der Waals surface area contributed by atoms with Crippen LogP contribution < -0.4 is 0 Å². The van der Waals surface area contributed by atoms with Gasteiger partial charge in [0.2, 0.25) is 0 Å². The molecule has 3 heteroatoms. The zero-order chi connectivity index (χ0) is 17.7. The Kier molecular flexibility index (Phi) is 4.02. The molecule has 3 aromatic carbocycles. The summed E-state index contributed by atoms with van der Waals surface area (Å²) in [6, 6.07) is 24.5. The Bertz CT molecular complexity index is 1100. The monoisotopic (exact) mass is 465 g/mol. The number of hydrogen-bond donors (Lipinski definition) is 0. The molecule has 0 N–H and O–H groups in total. The van der Waals surface area contributed by atoms with Crippen LogP contribution in [-0.2, 0) is 6.42 Å². The Morgan fingerprint density at radius 3 is 1.96 bits per heavy atom. The lowest BCUT2D eigenvalue weighted by Gasteiger charge is -2.31. The SMILES string of the molecule is Brc1ccc2c(c1)c1cc(Br)ccc1n2C1CC=C1Cc1ccccc1. The zero-order valence-corrected chi connectivity index (χ0v) is 17.3. The number of fused-ring (bicyclic) bond motifs is 3. The van der Waals surface area contributed by atoms with Gasteiger partial charge in [-0.15, -0.1) is 0 Å². The molecule has 0 saturated carbocycles. The van der Waals surface area contributed by atoms with Gasteiger partial charge in [0, 0.05) is 30.8 Å². The molecule has 1 atom stereocenters. The minimum atomic E-state index is 0.442. The topological polar surface area (TPSA) is 4.93 Å². The molecule has 0 spiro atoms. The highest BCUT2D eigenvalue weighted by Gasteiger charge is 2.26. The van der Waals surface area contributed by atoms with Crippen molar-refractivity contribution in [1.29, 1.82) is 0 Å². The first-order valence-corrected chi connectivity index (χ1v) is 10.4. The standard InChI is InChI=1S/C23H17Br2N/c24-17-7-10-22-19(13-17)20-14-18(25)8-11-23(20)26(22)21-9-6-16(21)12-15-4-2-1-3-5-15/h1-8,10-11,13-14,21H,9,12H2. The fourth-order valence-electron chi connectivity index (χ4n) is 4.02. The van der Waals surface area contributed by atoms with E-state index in [4.69, 9.17) is 0 Å². The van der Waals surface area contributed by atoms with Crippen LogP contribution in [0.4, 0.5) is 0 Å². The summed E-state index contributed by atoms with van der Waals surface area (Å²) in [5, 5.41) is 2.61. The van der Waals surface area contributed by atoms with Crippen molar-refractivity contribution >= 4 is 53.7 Å². The number of rotatable bonds is 3. The van der Waals surface area contributed by atoms with Gasteiger partial charge in [-0.25, -0.2) is 0 Å². The second-order valence-corrected chi connectivity index (χ2v) is 8.72. The van der Waals surface area contributed by atoms with Crippen molar-refractivity contribution in [3.63, 3.8) is 0 Å². The largest absolute Gasteiger partial charge is 0.333 e. The Hall–Kier alpha value is -1.84. The fraction of sp³-hybridized carbons (Fsp3) is 0.130. The number of nitrogens with zero attached hydrogens (tertiary/aromatic N) is 1. The van der Waals surface area contributed by atoms with Crippen molar-refractivity contribution in [3.8, 4) is 0 Å². The normalized spacial score (nSPS) is 16.7. The lowest BCUT2D eigenvalue weighted by molar-refractivity contribution is 0.548. The molecule has 0 amide bonds. The quantitative estimate of drug-likeness (QED) is 0.276. The summed E-state index contributed by atoms with van der Waals surface area (Å²) in [6.07, 6.45) is 4.53. The van der Waals surface area contributed by atoms with Crippen LogP contribution in [0.2, 0.25) is 0 Å². The molecular weight excluding hydrogens is 450 g/mol. The summed E-state index contributed by atoms with van der Waals surface area (Å²) in [4.78, 5) is 0. The van der Waals surface area contributed by atoms with Gasteiger partial charge >= 0.3 is 0 Å². The summed E-state index contributed by atoms with van der Waals surface area (Å²) >= 11 is 7.28. The van der Waals surface area contributed by atoms with Crippen LogP contribution in [0.1, 0.15) is 18.0 Å². The predicted octanol–water partition coefficient (Wildman–Crippen LogP) is 7.43. The first-order chi connectivity index (χ1) is 12.7. The molecule has 0 radical (unpaired) electrons. The van der Waals surface area contributed by atoms with E-state index < -0.39 is 0 Å². The molecule has 5 rings (SSSR count). The molecule has 0 fully saturated rings. The number of halogens is 2. The minimum absolute atomic E-state index is 0.442. The molecule has 0 saturated heterocycles. The molecule has 128 valence electrons.